The van der Waals surface area contributed by atoms with E-state index < -0.39 is 17.3 Å². The molecule has 8 heteroatoms. The number of rotatable bonds is 4. The molecule has 0 aromatic heterocycles. The lowest BCUT2D eigenvalue weighted by atomic mass is 9.98. The highest BCUT2D eigenvalue weighted by molar-refractivity contribution is 5.81. The number of guanidine groups is 1. The second-order valence-corrected chi connectivity index (χ2v) is 5.95. The Balaban J connectivity index is 1.82. The van der Waals surface area contributed by atoms with E-state index in [1.165, 1.54) is 0 Å². The fourth-order valence-electron chi connectivity index (χ4n) is 2.79. The molecule has 1 atom stereocenters. The Labute approximate surface area is 133 Å². The molecule has 0 spiro atoms. The number of aliphatic imine (C=N–C) groups is 1. The zero-order valence-corrected chi connectivity index (χ0v) is 12.8. The molecule has 0 amide bonds. The van der Waals surface area contributed by atoms with Crippen molar-refractivity contribution in [1.82, 2.24) is 15.5 Å². The summed E-state index contributed by atoms with van der Waals surface area (Å²) in [6.07, 6.45) is 1.73. The Bertz CT molecular complexity index is 668. The fraction of sp³-hybridized carbons (Fsp3) is 0.400. The van der Waals surface area contributed by atoms with Gasteiger partial charge in [0, 0.05) is 25.6 Å². The summed E-state index contributed by atoms with van der Waals surface area (Å²) in [6, 6.07) is 3.69. The first-order valence-corrected chi connectivity index (χ1v) is 7.39. The first kappa shape index (κ1) is 15.7. The minimum absolute atomic E-state index is 0.0196. The third-order valence-electron chi connectivity index (χ3n) is 4.08. The first-order valence-electron chi connectivity index (χ1n) is 7.39. The van der Waals surface area contributed by atoms with Crippen LogP contribution in [0.1, 0.15) is 5.56 Å². The molecular formula is C15H20F2N6. The lowest BCUT2D eigenvalue weighted by Crippen LogP contribution is -2.60. The molecule has 23 heavy (non-hydrogen) atoms. The van der Waals surface area contributed by atoms with E-state index >= 15 is 0 Å². The fourth-order valence-corrected chi connectivity index (χ4v) is 2.79. The summed E-state index contributed by atoms with van der Waals surface area (Å²) in [5, 5.41) is 6.14. The summed E-state index contributed by atoms with van der Waals surface area (Å²) in [6.45, 7) is 1.63. The Morgan fingerprint density at radius 3 is 2.87 bits per heavy atom. The molecule has 1 aromatic rings. The van der Waals surface area contributed by atoms with Gasteiger partial charge < -0.3 is 27.0 Å². The number of nitrogens with two attached hydrogens (primary N) is 2. The third kappa shape index (κ3) is 3.27. The van der Waals surface area contributed by atoms with Gasteiger partial charge in [-0.05, 0) is 36.9 Å². The summed E-state index contributed by atoms with van der Waals surface area (Å²) in [7, 11) is 1.90. The van der Waals surface area contributed by atoms with Crippen molar-refractivity contribution < 1.29 is 8.78 Å². The Kier molecular flexibility index (Phi) is 3.95. The van der Waals surface area contributed by atoms with Crippen molar-refractivity contribution in [3.8, 4) is 0 Å². The van der Waals surface area contributed by atoms with Crippen molar-refractivity contribution in [3.05, 3.63) is 47.3 Å². The van der Waals surface area contributed by atoms with Crippen molar-refractivity contribution in [3.63, 3.8) is 0 Å². The highest BCUT2D eigenvalue weighted by atomic mass is 19.1. The second kappa shape index (κ2) is 5.78. The minimum atomic E-state index is -1.22. The summed E-state index contributed by atoms with van der Waals surface area (Å²) in [5.41, 5.74) is 11.0. The number of nitrogens with zero attached hydrogens (tertiary/aromatic N) is 2. The van der Waals surface area contributed by atoms with Gasteiger partial charge >= 0.3 is 0 Å². The van der Waals surface area contributed by atoms with Crippen LogP contribution in [0.25, 0.3) is 0 Å². The summed E-state index contributed by atoms with van der Waals surface area (Å²) in [5.74, 6) is -0.129. The van der Waals surface area contributed by atoms with E-state index in [1.54, 1.807) is 6.08 Å². The average molecular weight is 322 g/mol. The van der Waals surface area contributed by atoms with Crippen LogP contribution in [0.4, 0.5) is 8.78 Å². The number of nitrogens with one attached hydrogen (secondary N) is 2. The molecule has 2 heterocycles. The van der Waals surface area contributed by atoms with Crippen molar-refractivity contribution in [1.29, 1.82) is 0 Å². The summed E-state index contributed by atoms with van der Waals surface area (Å²) < 4.78 is 27.2. The molecule has 1 fully saturated rings. The molecule has 1 aromatic carbocycles. The zero-order chi connectivity index (χ0) is 16.6. The van der Waals surface area contributed by atoms with E-state index in [1.807, 2.05) is 7.05 Å². The van der Waals surface area contributed by atoms with Crippen molar-refractivity contribution in [2.75, 3.05) is 20.1 Å². The molecule has 6 nitrogen and oxygen atoms in total. The van der Waals surface area contributed by atoms with Gasteiger partial charge in [-0.15, -0.1) is 0 Å². The van der Waals surface area contributed by atoms with Crippen LogP contribution in [-0.4, -0.2) is 42.7 Å². The topological polar surface area (TPSA) is 91.7 Å². The number of likely N-dealkylation sites (N-methyl/N-ethyl adjacent to an activating group) is 1. The van der Waals surface area contributed by atoms with Crippen LogP contribution in [0.15, 0.2) is 35.1 Å². The largest absolute Gasteiger partial charge is 0.370 e. The molecule has 3 rings (SSSR count). The lowest BCUT2D eigenvalue weighted by molar-refractivity contribution is 0.167. The molecule has 0 radical (unpaired) electrons. The quantitative estimate of drug-likeness (QED) is 0.618. The summed E-state index contributed by atoms with van der Waals surface area (Å²) >= 11 is 0. The van der Waals surface area contributed by atoms with Gasteiger partial charge in [0.25, 0.3) is 0 Å². The van der Waals surface area contributed by atoms with Gasteiger partial charge in [-0.2, -0.15) is 0 Å². The Hall–Kier alpha value is -2.19. The van der Waals surface area contributed by atoms with Crippen LogP contribution in [0.3, 0.4) is 0 Å². The smallest absolute Gasteiger partial charge is 0.196 e. The van der Waals surface area contributed by atoms with Crippen molar-refractivity contribution >= 4 is 5.96 Å². The summed E-state index contributed by atoms with van der Waals surface area (Å²) in [4.78, 5) is 6.23. The van der Waals surface area contributed by atoms with E-state index in [4.69, 9.17) is 11.5 Å². The van der Waals surface area contributed by atoms with Gasteiger partial charge in [-0.3, -0.25) is 0 Å². The maximum Gasteiger partial charge on any atom is 0.196 e. The predicted octanol–water partition coefficient (Wildman–Crippen LogP) is -0.175. The van der Waals surface area contributed by atoms with Crippen LogP contribution in [0, 0.1) is 11.6 Å². The molecule has 124 valence electrons. The van der Waals surface area contributed by atoms with Gasteiger partial charge in [0.2, 0.25) is 0 Å². The highest BCUT2D eigenvalue weighted by Crippen LogP contribution is 2.24. The number of likely N-dealkylation sites (tertiary alicyclic amines) is 1. The average Bonchev–Trinajstić information content (AvgIpc) is 2.40. The predicted molar refractivity (Wildman–Crippen MR) is 84.2 cm³/mol. The first-order chi connectivity index (χ1) is 10.9. The van der Waals surface area contributed by atoms with Crippen LogP contribution in [0.2, 0.25) is 0 Å². The Morgan fingerprint density at radius 2 is 2.17 bits per heavy atom. The van der Waals surface area contributed by atoms with Crippen LogP contribution >= 0.6 is 0 Å². The molecule has 0 saturated carbocycles. The molecule has 0 bridgehead atoms. The number of benzene rings is 1. The van der Waals surface area contributed by atoms with Crippen LogP contribution in [0.5, 0.6) is 0 Å². The lowest BCUT2D eigenvalue weighted by Gasteiger charge is -2.44. The van der Waals surface area contributed by atoms with Gasteiger partial charge in [0.1, 0.15) is 23.1 Å². The van der Waals surface area contributed by atoms with E-state index in [0.717, 1.165) is 37.1 Å². The SMILES string of the molecule is CNC1CN(C2=CC(N)(Cc3cc(F)ccc3F)N=C(N)N2)C1. The number of halogens is 2. The monoisotopic (exact) mass is 322 g/mol. The number of hydrogen-bond donors (Lipinski definition) is 4. The maximum absolute atomic E-state index is 13.9. The standard InChI is InChI=1S/C15H20F2N6/c1-20-11-7-23(8-11)13-6-15(19,22-14(18)21-13)5-9-4-10(16)2-3-12(9)17/h2-4,6,11,20H,5,7-8,19H2,1H3,(H3,18,21,22). The van der Waals surface area contributed by atoms with Gasteiger partial charge in [0.15, 0.2) is 5.96 Å². The molecule has 1 saturated heterocycles. The van der Waals surface area contributed by atoms with E-state index in [0.29, 0.717) is 6.04 Å². The Morgan fingerprint density at radius 1 is 1.43 bits per heavy atom. The van der Waals surface area contributed by atoms with Gasteiger partial charge in [0.05, 0.1) is 0 Å². The molecule has 2 aliphatic rings. The maximum atomic E-state index is 13.9. The second-order valence-electron chi connectivity index (χ2n) is 5.95. The van der Waals surface area contributed by atoms with Gasteiger partial charge in [-0.1, -0.05) is 0 Å². The van der Waals surface area contributed by atoms with Crippen LogP contribution < -0.4 is 22.1 Å². The number of hydrogen-bond acceptors (Lipinski definition) is 6. The zero-order valence-electron chi connectivity index (χ0n) is 12.8. The van der Waals surface area contributed by atoms with Gasteiger partial charge in [-0.25, -0.2) is 13.8 Å². The minimum Gasteiger partial charge on any atom is -0.370 e. The molecular weight excluding hydrogens is 302 g/mol. The highest BCUT2D eigenvalue weighted by Gasteiger charge is 2.34. The molecule has 1 unspecified atom stereocenters. The molecule has 2 aliphatic heterocycles. The normalized spacial score (nSPS) is 24.6. The van der Waals surface area contributed by atoms with Crippen molar-refractivity contribution in [2.24, 2.45) is 16.5 Å². The van der Waals surface area contributed by atoms with Crippen molar-refractivity contribution in [2.45, 2.75) is 18.1 Å². The molecule has 6 N–H and O–H groups in total. The van der Waals surface area contributed by atoms with E-state index in [-0.39, 0.29) is 17.9 Å². The molecule has 0 aliphatic carbocycles. The van der Waals surface area contributed by atoms with E-state index in [9.17, 15) is 8.78 Å². The van der Waals surface area contributed by atoms with E-state index in [2.05, 4.69) is 20.5 Å². The van der Waals surface area contributed by atoms with Crippen LogP contribution in [-0.2, 0) is 6.42 Å². The third-order valence-corrected chi connectivity index (χ3v) is 4.08.